The van der Waals surface area contributed by atoms with Gasteiger partial charge in [-0.15, -0.1) is 0 Å². The monoisotopic (exact) mass is 925 g/mol. The Balaban J connectivity index is 0. The van der Waals surface area contributed by atoms with E-state index in [0.717, 1.165) is 38.0 Å². The number of likely N-dealkylation sites (tertiary alicyclic amines) is 1. The summed E-state index contributed by atoms with van der Waals surface area (Å²) in [7, 11) is 0. The predicted octanol–water partition coefficient (Wildman–Crippen LogP) is 13.1. The topological polar surface area (TPSA) is 59.1 Å². The standard InChI is InChI=1S/C16H28N2O4Se2.2C16H34/c19-15(21-11-13-23)3-7-18(8-4-16(20)22-12-14-24)10-9-17-5-1-2-6-17;2*1-4-6-8-10-11-13-15-16(3)14-12-9-7-5-2/h1-14H2;2*16H,4-15H2,1-3H3. The molecule has 0 aromatic rings. The second-order valence-electron chi connectivity index (χ2n) is 16.8. The third-order valence-electron chi connectivity index (χ3n) is 11.1. The number of unbranched alkanes of at least 4 members (excludes halogenated alkanes) is 16. The molecular weight excluding hydrogens is 826 g/mol. The number of esters is 2. The van der Waals surface area contributed by atoms with Crippen LogP contribution in [0.15, 0.2) is 0 Å². The van der Waals surface area contributed by atoms with Gasteiger partial charge in [-0.05, 0) is 11.8 Å². The fraction of sp³-hybridized carbons (Fsp3) is 0.958. The van der Waals surface area contributed by atoms with E-state index >= 15 is 0 Å². The van der Waals surface area contributed by atoms with Gasteiger partial charge in [-0.25, -0.2) is 0 Å². The van der Waals surface area contributed by atoms with E-state index in [1.54, 1.807) is 0 Å². The van der Waals surface area contributed by atoms with Gasteiger partial charge in [0.1, 0.15) is 0 Å². The van der Waals surface area contributed by atoms with E-state index < -0.39 is 0 Å². The molecule has 8 heteroatoms. The van der Waals surface area contributed by atoms with E-state index in [1.807, 2.05) is 0 Å². The van der Waals surface area contributed by atoms with Crippen LogP contribution < -0.4 is 0 Å². The van der Waals surface area contributed by atoms with Gasteiger partial charge >= 0.3 is 162 Å². The van der Waals surface area contributed by atoms with Crippen LogP contribution >= 0.6 is 0 Å². The molecule has 1 aliphatic rings. The zero-order chi connectivity index (χ0) is 41.7. The van der Waals surface area contributed by atoms with Crippen LogP contribution in [0.5, 0.6) is 0 Å². The summed E-state index contributed by atoms with van der Waals surface area (Å²) in [6, 6.07) is 0. The number of carbonyl (C=O) groups is 2. The summed E-state index contributed by atoms with van der Waals surface area (Å²) in [5.41, 5.74) is 0. The van der Waals surface area contributed by atoms with Crippen molar-refractivity contribution in [2.75, 3.05) is 52.5 Å². The summed E-state index contributed by atoms with van der Waals surface area (Å²) in [6.45, 7) is 20.3. The Kier molecular flexibility index (Phi) is 49.3. The van der Waals surface area contributed by atoms with Gasteiger partial charge in [0.2, 0.25) is 0 Å². The van der Waals surface area contributed by atoms with Gasteiger partial charge in [0, 0.05) is 0 Å². The molecule has 0 aliphatic carbocycles. The van der Waals surface area contributed by atoms with Crippen molar-refractivity contribution in [3.63, 3.8) is 0 Å². The SMILES string of the molecule is CCCCCCCCC(C)CCCCCC.CCCCCCCCC(C)CCCCCC.O=C(CCN(CCC(=O)OCC[Se])CCN1CCCC1)OCC[Se]. The summed E-state index contributed by atoms with van der Waals surface area (Å²) < 4.78 is 10.2. The Morgan fingerprint density at radius 2 is 0.839 bits per heavy atom. The van der Waals surface area contributed by atoms with Crippen molar-refractivity contribution in [2.24, 2.45) is 11.8 Å². The second kappa shape index (κ2) is 47.6. The molecule has 56 heavy (non-hydrogen) atoms. The quantitative estimate of drug-likeness (QED) is 0.0351. The average molecular weight is 923 g/mol. The molecular formula is C48H96N2O4Se2. The molecule has 1 saturated heterocycles. The fourth-order valence-electron chi connectivity index (χ4n) is 7.25. The molecule has 334 valence electrons. The van der Waals surface area contributed by atoms with Gasteiger partial charge in [-0.3, -0.25) is 0 Å². The molecule has 0 amide bonds. The molecule has 1 rings (SSSR count). The Bertz CT molecular complexity index is 745. The minimum atomic E-state index is -0.180. The molecule has 0 spiro atoms. The van der Waals surface area contributed by atoms with Crippen molar-refractivity contribution < 1.29 is 19.1 Å². The summed E-state index contributed by atoms with van der Waals surface area (Å²) in [6.07, 6.45) is 37.9. The number of carbonyl (C=O) groups excluding carboxylic acids is 2. The number of hydrogen-bond donors (Lipinski definition) is 0. The third-order valence-corrected chi connectivity index (χ3v) is 11.8. The number of nitrogens with zero attached hydrogens (tertiary/aromatic N) is 2. The van der Waals surface area contributed by atoms with Crippen LogP contribution in [-0.4, -0.2) is 106 Å². The van der Waals surface area contributed by atoms with E-state index in [-0.39, 0.29) is 11.9 Å². The van der Waals surface area contributed by atoms with Crippen molar-refractivity contribution >= 4 is 44.0 Å². The zero-order valence-corrected chi connectivity index (χ0v) is 41.8. The van der Waals surface area contributed by atoms with E-state index in [0.29, 0.717) is 49.8 Å². The predicted molar refractivity (Wildman–Crippen MR) is 246 cm³/mol. The normalized spacial score (nSPS) is 13.8. The van der Waals surface area contributed by atoms with Gasteiger partial charge in [-0.2, -0.15) is 0 Å². The van der Waals surface area contributed by atoms with E-state index in [9.17, 15) is 9.59 Å². The number of hydrogen-bond acceptors (Lipinski definition) is 6. The van der Waals surface area contributed by atoms with Crippen molar-refractivity contribution in [1.82, 2.24) is 9.80 Å². The zero-order valence-electron chi connectivity index (χ0n) is 38.4. The first-order chi connectivity index (χ1) is 27.3. The summed E-state index contributed by atoms with van der Waals surface area (Å²) >= 11 is 5.63. The molecule has 0 N–H and O–H groups in total. The van der Waals surface area contributed by atoms with Crippen molar-refractivity contribution in [3.05, 3.63) is 0 Å². The summed E-state index contributed by atoms with van der Waals surface area (Å²) in [5.74, 6) is 1.59. The molecule has 2 atom stereocenters. The fourth-order valence-corrected chi connectivity index (χ4v) is 7.60. The Morgan fingerprint density at radius 1 is 0.518 bits per heavy atom. The van der Waals surface area contributed by atoms with E-state index in [2.05, 4.69) is 83.4 Å². The molecule has 2 radical (unpaired) electrons. The van der Waals surface area contributed by atoms with Gasteiger partial charge in [-0.1, -0.05) is 196 Å². The molecule has 2 unspecified atom stereocenters. The van der Waals surface area contributed by atoms with Crippen LogP contribution in [0.4, 0.5) is 0 Å². The Hall–Kier alpha value is -0.101. The van der Waals surface area contributed by atoms with E-state index in [1.165, 1.54) is 167 Å². The maximum atomic E-state index is 11.7. The van der Waals surface area contributed by atoms with E-state index in [4.69, 9.17) is 9.47 Å². The minimum absolute atomic E-state index is 0.180. The van der Waals surface area contributed by atoms with Gasteiger partial charge < -0.3 is 0 Å². The molecule has 0 aromatic carbocycles. The third kappa shape index (κ3) is 45.0. The number of ether oxygens (including phenoxy) is 2. The van der Waals surface area contributed by atoms with Crippen molar-refractivity contribution in [1.29, 1.82) is 0 Å². The average Bonchev–Trinajstić information content (AvgIpc) is 3.73. The molecule has 1 aliphatic heterocycles. The van der Waals surface area contributed by atoms with Crippen LogP contribution in [0, 0.1) is 11.8 Å². The first-order valence-corrected chi connectivity index (χ1v) is 26.6. The molecule has 0 saturated carbocycles. The second-order valence-corrected chi connectivity index (χ2v) is 18.5. The molecule has 1 fully saturated rings. The molecule has 0 bridgehead atoms. The molecule has 0 aromatic heterocycles. The maximum absolute atomic E-state index is 11.7. The summed E-state index contributed by atoms with van der Waals surface area (Å²) in [5, 5.41) is 1.43. The molecule has 6 nitrogen and oxygen atoms in total. The van der Waals surface area contributed by atoms with Crippen molar-refractivity contribution in [3.8, 4) is 0 Å². The Morgan fingerprint density at radius 3 is 1.18 bits per heavy atom. The number of rotatable bonds is 37. The van der Waals surface area contributed by atoms with Crippen LogP contribution in [0.25, 0.3) is 0 Å². The van der Waals surface area contributed by atoms with Crippen LogP contribution in [0.2, 0.25) is 10.6 Å². The van der Waals surface area contributed by atoms with Crippen LogP contribution in [0.3, 0.4) is 0 Å². The van der Waals surface area contributed by atoms with Crippen LogP contribution in [-0.2, 0) is 19.1 Å². The summed E-state index contributed by atoms with van der Waals surface area (Å²) in [4.78, 5) is 28.0. The van der Waals surface area contributed by atoms with Gasteiger partial charge in [0.25, 0.3) is 0 Å². The van der Waals surface area contributed by atoms with Gasteiger partial charge in [0.15, 0.2) is 0 Å². The Labute approximate surface area is 367 Å². The molecule has 1 heterocycles. The van der Waals surface area contributed by atoms with Crippen LogP contribution in [0.1, 0.15) is 221 Å². The first kappa shape index (κ1) is 58.0. The van der Waals surface area contributed by atoms with Gasteiger partial charge in [0.05, 0.1) is 0 Å². The first-order valence-electron chi connectivity index (χ1n) is 24.2. The van der Waals surface area contributed by atoms with Crippen molar-refractivity contribution in [2.45, 2.75) is 232 Å².